The molecule has 0 saturated heterocycles. The Morgan fingerprint density at radius 2 is 1.77 bits per heavy atom. The SMILES string of the molecule is CC(C)c1ccc(OCCNC(=O)CCCOc2ccc3c(c2)CCC(=O)N3)cc1. The molecule has 0 atom stereocenters. The highest BCUT2D eigenvalue weighted by Crippen LogP contribution is 2.26. The minimum absolute atomic E-state index is 0.00879. The molecule has 0 saturated carbocycles. The molecule has 1 aliphatic rings. The van der Waals surface area contributed by atoms with Crippen LogP contribution in [0.5, 0.6) is 11.5 Å². The van der Waals surface area contributed by atoms with Gasteiger partial charge in [-0.15, -0.1) is 0 Å². The molecule has 2 aromatic rings. The maximum atomic E-state index is 11.9. The number of nitrogens with one attached hydrogen (secondary N) is 2. The lowest BCUT2D eigenvalue weighted by atomic mass is 10.0. The quantitative estimate of drug-likeness (QED) is 0.580. The number of anilines is 1. The molecule has 3 rings (SSSR count). The van der Waals surface area contributed by atoms with Gasteiger partial charge >= 0.3 is 0 Å². The molecule has 6 heteroatoms. The zero-order chi connectivity index (χ0) is 21.3. The van der Waals surface area contributed by atoms with Gasteiger partial charge in [-0.2, -0.15) is 0 Å². The van der Waals surface area contributed by atoms with Crippen molar-refractivity contribution in [3.8, 4) is 11.5 Å². The zero-order valence-corrected chi connectivity index (χ0v) is 17.7. The summed E-state index contributed by atoms with van der Waals surface area (Å²) < 4.78 is 11.4. The molecule has 0 bridgehead atoms. The van der Waals surface area contributed by atoms with Gasteiger partial charge in [0.2, 0.25) is 11.8 Å². The fourth-order valence-electron chi connectivity index (χ4n) is 3.27. The summed E-state index contributed by atoms with van der Waals surface area (Å²) in [6.07, 6.45) is 2.27. The summed E-state index contributed by atoms with van der Waals surface area (Å²) in [6, 6.07) is 13.7. The Bertz CT molecular complexity index is 862. The van der Waals surface area contributed by atoms with Crippen LogP contribution in [0, 0.1) is 0 Å². The van der Waals surface area contributed by atoms with Crippen LogP contribution in [-0.2, 0) is 16.0 Å². The fraction of sp³-hybridized carbons (Fsp3) is 0.417. The molecule has 2 amide bonds. The molecule has 1 heterocycles. The number of amides is 2. The summed E-state index contributed by atoms with van der Waals surface area (Å²) >= 11 is 0. The van der Waals surface area contributed by atoms with Crippen LogP contribution in [0.15, 0.2) is 42.5 Å². The predicted octanol–water partition coefficient (Wildman–Crippen LogP) is 4.05. The largest absolute Gasteiger partial charge is 0.494 e. The van der Waals surface area contributed by atoms with E-state index in [1.807, 2.05) is 30.3 Å². The van der Waals surface area contributed by atoms with Crippen molar-refractivity contribution in [1.29, 1.82) is 0 Å². The van der Waals surface area contributed by atoms with E-state index in [0.29, 0.717) is 44.9 Å². The summed E-state index contributed by atoms with van der Waals surface area (Å²) in [5, 5.41) is 5.72. The van der Waals surface area contributed by atoms with Gasteiger partial charge in [0.05, 0.1) is 13.2 Å². The van der Waals surface area contributed by atoms with E-state index in [1.165, 1.54) is 5.56 Å². The zero-order valence-electron chi connectivity index (χ0n) is 17.7. The lowest BCUT2D eigenvalue weighted by Gasteiger charge is -2.17. The van der Waals surface area contributed by atoms with Gasteiger partial charge in [0.1, 0.15) is 18.1 Å². The maximum Gasteiger partial charge on any atom is 0.224 e. The van der Waals surface area contributed by atoms with Crippen molar-refractivity contribution >= 4 is 17.5 Å². The summed E-state index contributed by atoms with van der Waals surface area (Å²) in [5.74, 6) is 2.12. The Morgan fingerprint density at radius 3 is 2.53 bits per heavy atom. The van der Waals surface area contributed by atoms with E-state index in [0.717, 1.165) is 29.2 Å². The van der Waals surface area contributed by atoms with Gasteiger partial charge in [0, 0.05) is 18.5 Å². The highest BCUT2D eigenvalue weighted by Gasteiger charge is 2.15. The maximum absolute atomic E-state index is 11.9. The van der Waals surface area contributed by atoms with Crippen LogP contribution >= 0.6 is 0 Å². The van der Waals surface area contributed by atoms with Crippen molar-refractivity contribution in [1.82, 2.24) is 5.32 Å². The fourth-order valence-corrected chi connectivity index (χ4v) is 3.27. The van der Waals surface area contributed by atoms with Crippen LogP contribution in [0.1, 0.15) is 50.2 Å². The number of hydrogen-bond donors (Lipinski definition) is 2. The standard InChI is InChI=1S/C24H30N2O4/c1-17(2)18-5-8-20(9-6-18)30-15-13-25-23(27)4-3-14-29-21-10-11-22-19(16-21)7-12-24(28)26-22/h5-6,8-11,16-17H,3-4,7,12-15H2,1-2H3,(H,25,27)(H,26,28). The first kappa shape index (κ1) is 21.7. The molecule has 160 valence electrons. The number of carbonyl (C=O) groups is 2. The third-order valence-electron chi connectivity index (χ3n) is 5.03. The molecule has 0 radical (unpaired) electrons. The van der Waals surface area contributed by atoms with E-state index in [2.05, 4.69) is 36.6 Å². The molecule has 0 fully saturated rings. The van der Waals surface area contributed by atoms with Gasteiger partial charge in [0.15, 0.2) is 0 Å². The van der Waals surface area contributed by atoms with Gasteiger partial charge in [-0.05, 0) is 60.2 Å². The number of aryl methyl sites for hydroxylation is 1. The van der Waals surface area contributed by atoms with E-state index in [1.54, 1.807) is 0 Å². The van der Waals surface area contributed by atoms with Crippen molar-refractivity contribution in [3.63, 3.8) is 0 Å². The van der Waals surface area contributed by atoms with E-state index in [-0.39, 0.29) is 11.8 Å². The predicted molar refractivity (Wildman–Crippen MR) is 117 cm³/mol. The molecule has 0 unspecified atom stereocenters. The number of carbonyl (C=O) groups excluding carboxylic acids is 2. The second kappa shape index (κ2) is 10.7. The number of ether oxygens (including phenoxy) is 2. The van der Waals surface area contributed by atoms with Gasteiger partial charge in [0.25, 0.3) is 0 Å². The van der Waals surface area contributed by atoms with Crippen LogP contribution in [0.3, 0.4) is 0 Å². The lowest BCUT2D eigenvalue weighted by molar-refractivity contribution is -0.121. The van der Waals surface area contributed by atoms with E-state index < -0.39 is 0 Å². The van der Waals surface area contributed by atoms with Gasteiger partial charge in [-0.25, -0.2) is 0 Å². The van der Waals surface area contributed by atoms with Crippen molar-refractivity contribution in [2.75, 3.05) is 25.1 Å². The average molecular weight is 411 g/mol. The van der Waals surface area contributed by atoms with Crippen molar-refractivity contribution < 1.29 is 19.1 Å². The Morgan fingerprint density at radius 1 is 1.03 bits per heavy atom. The highest BCUT2D eigenvalue weighted by atomic mass is 16.5. The second-order valence-corrected chi connectivity index (χ2v) is 7.74. The lowest BCUT2D eigenvalue weighted by Crippen LogP contribution is -2.28. The topological polar surface area (TPSA) is 76.7 Å². The van der Waals surface area contributed by atoms with Gasteiger partial charge < -0.3 is 20.1 Å². The first-order valence-corrected chi connectivity index (χ1v) is 10.6. The van der Waals surface area contributed by atoms with Gasteiger partial charge in [-0.3, -0.25) is 9.59 Å². The van der Waals surface area contributed by atoms with Crippen LogP contribution < -0.4 is 20.1 Å². The number of hydrogen-bond acceptors (Lipinski definition) is 4. The third kappa shape index (κ3) is 6.51. The van der Waals surface area contributed by atoms with Crippen LogP contribution in [-0.4, -0.2) is 31.6 Å². The minimum Gasteiger partial charge on any atom is -0.494 e. The summed E-state index contributed by atoms with van der Waals surface area (Å²) in [6.45, 7) is 5.70. The first-order valence-electron chi connectivity index (χ1n) is 10.6. The summed E-state index contributed by atoms with van der Waals surface area (Å²) in [4.78, 5) is 23.3. The first-order chi connectivity index (χ1) is 14.5. The van der Waals surface area contributed by atoms with Crippen LogP contribution in [0.4, 0.5) is 5.69 Å². The van der Waals surface area contributed by atoms with E-state index in [4.69, 9.17) is 9.47 Å². The molecule has 0 spiro atoms. The van der Waals surface area contributed by atoms with E-state index in [9.17, 15) is 9.59 Å². The van der Waals surface area contributed by atoms with Crippen molar-refractivity contribution in [2.24, 2.45) is 0 Å². The molecule has 0 aromatic heterocycles. The normalized spacial score (nSPS) is 12.8. The molecule has 6 nitrogen and oxygen atoms in total. The Labute approximate surface area is 178 Å². The Kier molecular flexibility index (Phi) is 7.71. The van der Waals surface area contributed by atoms with Crippen LogP contribution in [0.2, 0.25) is 0 Å². The summed E-state index contributed by atoms with van der Waals surface area (Å²) in [5.41, 5.74) is 3.22. The van der Waals surface area contributed by atoms with Crippen molar-refractivity contribution in [3.05, 3.63) is 53.6 Å². The second-order valence-electron chi connectivity index (χ2n) is 7.74. The molecular formula is C24H30N2O4. The van der Waals surface area contributed by atoms with Crippen molar-refractivity contribution in [2.45, 2.75) is 45.4 Å². The third-order valence-corrected chi connectivity index (χ3v) is 5.03. The highest BCUT2D eigenvalue weighted by molar-refractivity contribution is 5.94. The average Bonchev–Trinajstić information content (AvgIpc) is 2.74. The molecular weight excluding hydrogens is 380 g/mol. The molecule has 0 aliphatic carbocycles. The Balaban J connectivity index is 1.27. The monoisotopic (exact) mass is 410 g/mol. The van der Waals surface area contributed by atoms with Crippen LogP contribution in [0.25, 0.3) is 0 Å². The number of fused-ring (bicyclic) bond motifs is 1. The number of benzene rings is 2. The number of rotatable bonds is 10. The molecule has 1 aliphatic heterocycles. The van der Waals surface area contributed by atoms with Gasteiger partial charge in [-0.1, -0.05) is 26.0 Å². The summed E-state index contributed by atoms with van der Waals surface area (Å²) in [7, 11) is 0. The molecule has 2 aromatic carbocycles. The molecule has 30 heavy (non-hydrogen) atoms. The minimum atomic E-state index is -0.00879. The van der Waals surface area contributed by atoms with E-state index >= 15 is 0 Å². The smallest absolute Gasteiger partial charge is 0.224 e. The molecule has 2 N–H and O–H groups in total. The Hall–Kier alpha value is -3.02.